The molecule has 6 nitrogen and oxygen atoms in total. The molecule has 1 heterocycles. The van der Waals surface area contributed by atoms with Crippen molar-refractivity contribution in [3.63, 3.8) is 0 Å². The molecule has 1 unspecified atom stereocenters. The van der Waals surface area contributed by atoms with Gasteiger partial charge in [-0.2, -0.15) is 5.10 Å². The van der Waals surface area contributed by atoms with E-state index in [0.717, 1.165) is 27.6 Å². The first-order chi connectivity index (χ1) is 20.5. The molecule has 5 aromatic carbocycles. The lowest BCUT2D eigenvalue weighted by Gasteiger charge is -2.37. The van der Waals surface area contributed by atoms with E-state index >= 15 is 0 Å². The molecular formula is C35H29FN4O2. The molecular weight excluding hydrogens is 527 g/mol. The fourth-order valence-electron chi connectivity index (χ4n) is 5.74. The third-order valence-corrected chi connectivity index (χ3v) is 7.80. The Morgan fingerprint density at radius 3 is 1.86 bits per heavy atom. The number of nitrogens with zero attached hydrogens (tertiary/aromatic N) is 3. The monoisotopic (exact) mass is 556 g/mol. The van der Waals surface area contributed by atoms with E-state index in [0.29, 0.717) is 17.6 Å². The summed E-state index contributed by atoms with van der Waals surface area (Å²) in [4.78, 5) is 12.1. The first-order valence-electron chi connectivity index (χ1n) is 13.8. The Labute approximate surface area is 243 Å². The standard InChI is InChI=1S/C35H29FN4O2/c1-25(37-23-26-17-19-31(36)20-18-26)32-21-27-24-38-39(33(27)22-34(32)40(41)42)35(28-11-5-2-6-12-28,29-13-7-3-8-14-29)30-15-9-4-10-16-30/h2-22,24-25,37H,23H2,1H3. The number of rotatable bonds is 9. The van der Waals surface area contributed by atoms with Gasteiger partial charge in [-0.05, 0) is 47.4 Å². The highest BCUT2D eigenvalue weighted by atomic mass is 19.1. The maximum atomic E-state index is 13.3. The number of hydrogen-bond donors (Lipinski definition) is 1. The minimum atomic E-state index is -0.895. The average Bonchev–Trinajstić information content (AvgIpc) is 3.45. The van der Waals surface area contributed by atoms with Crippen LogP contribution in [0.2, 0.25) is 0 Å². The van der Waals surface area contributed by atoms with Crippen molar-refractivity contribution in [2.45, 2.75) is 25.0 Å². The van der Waals surface area contributed by atoms with Gasteiger partial charge in [0.25, 0.3) is 5.69 Å². The minimum Gasteiger partial charge on any atom is -0.306 e. The first kappa shape index (κ1) is 27.1. The van der Waals surface area contributed by atoms with Gasteiger partial charge in [-0.25, -0.2) is 9.07 Å². The summed E-state index contributed by atoms with van der Waals surface area (Å²) in [6.45, 7) is 2.33. The second-order valence-electron chi connectivity index (χ2n) is 10.3. The Kier molecular flexibility index (Phi) is 7.33. The smallest absolute Gasteiger partial charge is 0.276 e. The number of halogens is 1. The Bertz CT molecular complexity index is 1730. The third-order valence-electron chi connectivity index (χ3n) is 7.80. The summed E-state index contributed by atoms with van der Waals surface area (Å²) in [5, 5.41) is 21.6. The van der Waals surface area contributed by atoms with Crippen LogP contribution in [-0.2, 0) is 12.1 Å². The molecule has 0 aliphatic heterocycles. The molecule has 0 saturated carbocycles. The van der Waals surface area contributed by atoms with E-state index in [2.05, 4.69) is 41.7 Å². The zero-order valence-electron chi connectivity index (χ0n) is 23.0. The molecule has 0 fully saturated rings. The van der Waals surface area contributed by atoms with Gasteiger partial charge in [0.2, 0.25) is 0 Å². The summed E-state index contributed by atoms with van der Waals surface area (Å²) in [6, 6.07) is 39.7. The molecule has 1 N–H and O–H groups in total. The lowest BCUT2D eigenvalue weighted by molar-refractivity contribution is -0.385. The molecule has 0 radical (unpaired) electrons. The number of fused-ring (bicyclic) bond motifs is 1. The van der Waals surface area contributed by atoms with E-state index < -0.39 is 5.54 Å². The summed E-state index contributed by atoms with van der Waals surface area (Å²) in [6.07, 6.45) is 1.78. The van der Waals surface area contributed by atoms with Crippen LogP contribution in [0.1, 0.15) is 40.8 Å². The van der Waals surface area contributed by atoms with Crippen molar-refractivity contribution < 1.29 is 9.31 Å². The second kappa shape index (κ2) is 11.4. The minimum absolute atomic E-state index is 0.00596. The topological polar surface area (TPSA) is 73.0 Å². The molecule has 0 amide bonds. The van der Waals surface area contributed by atoms with E-state index in [4.69, 9.17) is 5.10 Å². The van der Waals surface area contributed by atoms with Crippen molar-refractivity contribution in [1.29, 1.82) is 0 Å². The number of nitrogens with one attached hydrogen (secondary N) is 1. The van der Waals surface area contributed by atoms with Crippen molar-refractivity contribution in [1.82, 2.24) is 15.1 Å². The van der Waals surface area contributed by atoms with Gasteiger partial charge < -0.3 is 5.32 Å². The fraction of sp³-hybridized carbons (Fsp3) is 0.114. The lowest BCUT2D eigenvalue weighted by Crippen LogP contribution is -2.38. The number of benzene rings is 5. The van der Waals surface area contributed by atoms with Gasteiger partial charge in [-0.3, -0.25) is 10.1 Å². The van der Waals surface area contributed by atoms with Gasteiger partial charge in [0.15, 0.2) is 0 Å². The van der Waals surface area contributed by atoms with Crippen LogP contribution in [0.3, 0.4) is 0 Å². The predicted octanol–water partition coefficient (Wildman–Crippen LogP) is 7.77. The van der Waals surface area contributed by atoms with Gasteiger partial charge in [-0.1, -0.05) is 103 Å². The largest absolute Gasteiger partial charge is 0.306 e. The zero-order valence-corrected chi connectivity index (χ0v) is 23.0. The van der Waals surface area contributed by atoms with Crippen LogP contribution in [0.5, 0.6) is 0 Å². The molecule has 6 rings (SSSR count). The van der Waals surface area contributed by atoms with Crippen LogP contribution in [0, 0.1) is 15.9 Å². The highest BCUT2D eigenvalue weighted by molar-refractivity contribution is 5.84. The summed E-state index contributed by atoms with van der Waals surface area (Å²) < 4.78 is 15.3. The van der Waals surface area contributed by atoms with E-state index in [9.17, 15) is 14.5 Å². The van der Waals surface area contributed by atoms with Crippen molar-refractivity contribution in [3.8, 4) is 0 Å². The Morgan fingerprint density at radius 1 is 0.833 bits per heavy atom. The average molecular weight is 557 g/mol. The summed E-state index contributed by atoms with van der Waals surface area (Å²) >= 11 is 0. The molecule has 0 saturated heterocycles. The van der Waals surface area contributed by atoms with Crippen LogP contribution < -0.4 is 5.32 Å². The van der Waals surface area contributed by atoms with Crippen molar-refractivity contribution >= 4 is 16.6 Å². The Hall–Kier alpha value is -5.14. The molecule has 7 heteroatoms. The maximum absolute atomic E-state index is 13.3. The van der Waals surface area contributed by atoms with Crippen LogP contribution >= 0.6 is 0 Å². The molecule has 208 valence electrons. The molecule has 1 aromatic heterocycles. The molecule has 0 aliphatic rings. The van der Waals surface area contributed by atoms with E-state index in [1.165, 1.54) is 12.1 Å². The van der Waals surface area contributed by atoms with Gasteiger partial charge in [0.1, 0.15) is 11.4 Å². The van der Waals surface area contributed by atoms with Crippen molar-refractivity contribution in [2.24, 2.45) is 0 Å². The summed E-state index contributed by atoms with van der Waals surface area (Å²) in [5.41, 5.74) is 4.14. The summed E-state index contributed by atoms with van der Waals surface area (Å²) in [7, 11) is 0. The molecule has 0 bridgehead atoms. The van der Waals surface area contributed by atoms with Crippen LogP contribution in [0.25, 0.3) is 10.9 Å². The van der Waals surface area contributed by atoms with E-state index in [1.807, 2.05) is 72.3 Å². The molecule has 0 spiro atoms. The van der Waals surface area contributed by atoms with E-state index in [1.54, 1.807) is 24.4 Å². The number of nitro groups is 1. The predicted molar refractivity (Wildman–Crippen MR) is 163 cm³/mol. The van der Waals surface area contributed by atoms with E-state index in [-0.39, 0.29) is 22.5 Å². The van der Waals surface area contributed by atoms with Crippen LogP contribution in [0.15, 0.2) is 134 Å². The highest BCUT2D eigenvalue weighted by Crippen LogP contribution is 2.43. The third kappa shape index (κ3) is 4.84. The number of hydrogen-bond acceptors (Lipinski definition) is 4. The second-order valence-corrected chi connectivity index (χ2v) is 10.3. The normalized spacial score (nSPS) is 12.3. The molecule has 6 aromatic rings. The highest BCUT2D eigenvalue weighted by Gasteiger charge is 2.40. The zero-order chi connectivity index (χ0) is 29.1. The van der Waals surface area contributed by atoms with Crippen molar-refractivity contribution in [2.75, 3.05) is 0 Å². The number of aromatic nitrogens is 2. The Balaban J connectivity index is 1.54. The molecule has 42 heavy (non-hydrogen) atoms. The number of nitro benzene ring substituents is 1. The van der Waals surface area contributed by atoms with Gasteiger partial charge in [-0.15, -0.1) is 0 Å². The Morgan fingerprint density at radius 2 is 1.36 bits per heavy atom. The summed E-state index contributed by atoms with van der Waals surface area (Å²) in [5.74, 6) is -0.303. The first-order valence-corrected chi connectivity index (χ1v) is 13.8. The maximum Gasteiger partial charge on any atom is 0.276 e. The van der Waals surface area contributed by atoms with Gasteiger partial charge >= 0.3 is 0 Å². The molecule has 1 atom stereocenters. The molecule has 0 aliphatic carbocycles. The van der Waals surface area contributed by atoms with Crippen LogP contribution in [0.4, 0.5) is 10.1 Å². The quantitative estimate of drug-likeness (QED) is 0.112. The van der Waals surface area contributed by atoms with Gasteiger partial charge in [0.05, 0.1) is 16.6 Å². The van der Waals surface area contributed by atoms with Crippen LogP contribution in [-0.4, -0.2) is 14.7 Å². The fourth-order valence-corrected chi connectivity index (χ4v) is 5.74. The van der Waals surface area contributed by atoms with Gasteiger partial charge in [0, 0.05) is 29.6 Å². The lowest BCUT2D eigenvalue weighted by atomic mass is 9.77. The SMILES string of the molecule is CC(NCc1ccc(F)cc1)c1cc2cnn(C(c3ccccc3)(c3ccccc3)c3ccccc3)c2cc1[N+](=O)[O-]. The van der Waals surface area contributed by atoms with Crippen molar-refractivity contribution in [3.05, 3.63) is 177 Å².